The molecule has 0 aliphatic heterocycles. The fourth-order valence-electron chi connectivity index (χ4n) is 4.63. The Morgan fingerprint density at radius 3 is 2.33 bits per heavy atom. The van der Waals surface area contributed by atoms with E-state index in [1.807, 2.05) is 47.8 Å². The van der Waals surface area contributed by atoms with Crippen molar-refractivity contribution in [1.29, 1.82) is 0 Å². The molecule has 0 aliphatic carbocycles. The van der Waals surface area contributed by atoms with Gasteiger partial charge in [0.05, 0.1) is 22.0 Å². The summed E-state index contributed by atoms with van der Waals surface area (Å²) in [6.07, 6.45) is 2.93. The summed E-state index contributed by atoms with van der Waals surface area (Å²) >= 11 is 14.9. The lowest BCUT2D eigenvalue weighted by molar-refractivity contribution is -0.116. The largest absolute Gasteiger partial charge is 0.465 e. The first kappa shape index (κ1) is 33.8. The molecule has 0 saturated heterocycles. The summed E-state index contributed by atoms with van der Waals surface area (Å²) in [4.78, 5) is 45.5. The summed E-state index contributed by atoms with van der Waals surface area (Å²) in [6, 6.07) is 33.7. The smallest absolute Gasteiger partial charge is 0.272 e. The van der Waals surface area contributed by atoms with Gasteiger partial charge in [-0.05, 0) is 60.2 Å². The van der Waals surface area contributed by atoms with E-state index in [2.05, 4.69) is 20.9 Å². The fraction of sp³-hybridized carbons (Fsp3) is 0.0270. The Morgan fingerprint density at radius 2 is 1.59 bits per heavy atom. The lowest BCUT2D eigenvalue weighted by Gasteiger charge is -2.17. The highest BCUT2D eigenvalue weighted by atomic mass is 35.5. The van der Waals surface area contributed by atoms with E-state index in [0.29, 0.717) is 37.9 Å². The second-order valence-corrected chi connectivity index (χ2v) is 13.3. The van der Waals surface area contributed by atoms with Crippen LogP contribution >= 0.6 is 46.3 Å². The molecule has 0 bridgehead atoms. The van der Waals surface area contributed by atoms with Crippen molar-refractivity contribution in [2.45, 2.75) is 10.1 Å². The number of hydrogen-bond donors (Lipinski definition) is 3. The van der Waals surface area contributed by atoms with Crippen LogP contribution in [0, 0.1) is 0 Å². The summed E-state index contributed by atoms with van der Waals surface area (Å²) in [7, 11) is 0. The molecule has 0 radical (unpaired) electrons. The zero-order valence-corrected chi connectivity index (χ0v) is 28.6. The Balaban J connectivity index is 1.19. The van der Waals surface area contributed by atoms with Crippen LogP contribution in [-0.4, -0.2) is 22.7 Å². The third-order valence-electron chi connectivity index (χ3n) is 6.99. The first-order valence-corrected chi connectivity index (χ1v) is 17.3. The summed E-state index contributed by atoms with van der Waals surface area (Å²) < 4.78 is 5.39. The molecule has 0 spiro atoms. The lowest BCUT2D eigenvalue weighted by Crippen LogP contribution is -2.30. The number of amides is 3. The van der Waals surface area contributed by atoms with Crippen LogP contribution in [0.4, 0.5) is 10.8 Å². The third kappa shape index (κ3) is 8.87. The first-order chi connectivity index (χ1) is 23.8. The highest BCUT2D eigenvalue weighted by Crippen LogP contribution is 2.38. The molecular formula is C37H26Cl2N4O4S2. The maximum absolute atomic E-state index is 13.8. The van der Waals surface area contributed by atoms with Gasteiger partial charge < -0.3 is 20.4 Å². The topological polar surface area (TPSA) is 113 Å². The molecule has 0 saturated carbocycles. The van der Waals surface area contributed by atoms with Crippen LogP contribution in [0.25, 0.3) is 17.3 Å². The first-order valence-electron chi connectivity index (χ1n) is 14.8. The van der Waals surface area contributed by atoms with Crippen molar-refractivity contribution in [3.8, 4) is 11.3 Å². The maximum Gasteiger partial charge on any atom is 0.272 e. The molecule has 3 N–H and O–H groups in total. The quantitative estimate of drug-likeness (QED) is 0.0906. The number of hydrogen-bond acceptors (Lipinski definition) is 7. The van der Waals surface area contributed by atoms with E-state index in [4.69, 9.17) is 27.6 Å². The van der Waals surface area contributed by atoms with Gasteiger partial charge in [0.15, 0.2) is 5.13 Å². The number of rotatable bonds is 11. The van der Waals surface area contributed by atoms with E-state index in [9.17, 15) is 14.4 Å². The Labute approximate surface area is 300 Å². The molecule has 2 aromatic heterocycles. The van der Waals surface area contributed by atoms with Gasteiger partial charge in [-0.1, -0.05) is 83.9 Å². The number of carbonyl (C=O) groups is 3. The van der Waals surface area contributed by atoms with Crippen LogP contribution in [0.3, 0.4) is 0 Å². The molecule has 6 rings (SSSR count). The third-order valence-corrected chi connectivity index (χ3v) is 9.74. The summed E-state index contributed by atoms with van der Waals surface area (Å²) in [6.45, 7) is 0. The monoisotopic (exact) mass is 724 g/mol. The molecule has 4 aromatic carbocycles. The molecule has 0 aliphatic rings. The number of thiazole rings is 1. The fourth-order valence-corrected chi connectivity index (χ4v) is 6.73. The van der Waals surface area contributed by atoms with Gasteiger partial charge in [0.2, 0.25) is 5.91 Å². The Hall–Kier alpha value is -5.13. The standard InChI is InChI=1S/C37H26Cl2N4O4S2/c38-29-17-16-25(19-30(29)39)32-22-48-37(42-32)43-36(46)33(23-9-3-1-4-10-23)49-28-15-7-13-26(20-28)40-35(45)31(21-27-14-8-18-47-27)41-34(44)24-11-5-2-6-12-24/h1-22,33H,(H,40,45)(H,41,44)(H,42,43,46)/b31-21-. The number of halogens is 2. The molecule has 2 heterocycles. The van der Waals surface area contributed by atoms with Crippen molar-refractivity contribution in [2.75, 3.05) is 10.6 Å². The highest BCUT2D eigenvalue weighted by Gasteiger charge is 2.24. The van der Waals surface area contributed by atoms with Crippen LogP contribution < -0.4 is 16.0 Å². The number of thioether (sulfide) groups is 1. The predicted molar refractivity (Wildman–Crippen MR) is 197 cm³/mol. The van der Waals surface area contributed by atoms with Crippen molar-refractivity contribution in [3.05, 3.63) is 160 Å². The van der Waals surface area contributed by atoms with E-state index in [-0.39, 0.29) is 11.6 Å². The van der Waals surface area contributed by atoms with E-state index < -0.39 is 17.1 Å². The SMILES string of the molecule is O=C(Nc1cccc(SC(C(=O)Nc2nc(-c3ccc(Cl)c(Cl)c3)cs2)c2ccccc2)c1)/C(=C/c1ccco1)NC(=O)c1ccccc1. The van der Waals surface area contributed by atoms with Gasteiger partial charge in [0, 0.05) is 33.2 Å². The molecule has 12 heteroatoms. The van der Waals surface area contributed by atoms with Gasteiger partial charge in [-0.25, -0.2) is 4.98 Å². The summed E-state index contributed by atoms with van der Waals surface area (Å²) in [5.74, 6) is -0.877. The average Bonchev–Trinajstić information content (AvgIpc) is 3.81. The molecule has 6 aromatic rings. The highest BCUT2D eigenvalue weighted by molar-refractivity contribution is 8.00. The van der Waals surface area contributed by atoms with Gasteiger partial charge in [-0.3, -0.25) is 14.4 Å². The van der Waals surface area contributed by atoms with E-state index >= 15 is 0 Å². The normalized spacial score (nSPS) is 11.8. The number of benzene rings is 4. The summed E-state index contributed by atoms with van der Waals surface area (Å²) in [5.41, 5.74) is 3.08. The van der Waals surface area contributed by atoms with Gasteiger partial charge in [0.25, 0.3) is 11.8 Å². The van der Waals surface area contributed by atoms with Crippen LogP contribution in [0.5, 0.6) is 0 Å². The van der Waals surface area contributed by atoms with Crippen LogP contribution in [0.1, 0.15) is 26.9 Å². The molecule has 8 nitrogen and oxygen atoms in total. The number of anilines is 2. The molecular weight excluding hydrogens is 699 g/mol. The average molecular weight is 726 g/mol. The van der Waals surface area contributed by atoms with E-state index in [1.165, 1.54) is 35.4 Å². The van der Waals surface area contributed by atoms with Crippen molar-refractivity contribution >= 4 is 80.9 Å². The van der Waals surface area contributed by atoms with E-state index in [0.717, 1.165) is 16.0 Å². The molecule has 1 atom stereocenters. The molecule has 244 valence electrons. The lowest BCUT2D eigenvalue weighted by atomic mass is 10.1. The maximum atomic E-state index is 13.8. The minimum absolute atomic E-state index is 0.00733. The zero-order valence-electron chi connectivity index (χ0n) is 25.4. The van der Waals surface area contributed by atoms with Gasteiger partial charge in [-0.15, -0.1) is 23.1 Å². The van der Waals surface area contributed by atoms with Crippen LogP contribution in [0.2, 0.25) is 10.0 Å². The summed E-state index contributed by atoms with van der Waals surface area (Å²) in [5, 5.41) is 11.0. The van der Waals surface area contributed by atoms with Crippen LogP contribution in [-0.2, 0) is 9.59 Å². The predicted octanol–water partition coefficient (Wildman–Crippen LogP) is 9.59. The Morgan fingerprint density at radius 1 is 0.816 bits per heavy atom. The number of carbonyl (C=O) groups excluding carboxylic acids is 3. The zero-order chi connectivity index (χ0) is 34.2. The van der Waals surface area contributed by atoms with Crippen LogP contribution in [0.15, 0.2) is 142 Å². The number of nitrogens with zero attached hydrogens (tertiary/aromatic N) is 1. The van der Waals surface area contributed by atoms with Crippen molar-refractivity contribution in [1.82, 2.24) is 10.3 Å². The Bertz CT molecular complexity index is 2120. The van der Waals surface area contributed by atoms with Crippen molar-refractivity contribution < 1.29 is 18.8 Å². The molecule has 1 unspecified atom stereocenters. The minimum atomic E-state index is -0.649. The second kappa shape index (κ2) is 15.8. The number of aromatic nitrogens is 1. The van der Waals surface area contributed by atoms with Gasteiger partial charge in [0.1, 0.15) is 16.7 Å². The molecule has 0 fully saturated rings. The number of nitrogens with one attached hydrogen (secondary N) is 3. The van der Waals surface area contributed by atoms with Gasteiger partial charge in [-0.2, -0.15) is 0 Å². The van der Waals surface area contributed by atoms with Gasteiger partial charge >= 0.3 is 0 Å². The molecule has 49 heavy (non-hydrogen) atoms. The second-order valence-electron chi connectivity index (χ2n) is 10.4. The van der Waals surface area contributed by atoms with E-state index in [1.54, 1.807) is 72.8 Å². The molecule has 3 amide bonds. The Kier molecular flexibility index (Phi) is 10.9. The van der Waals surface area contributed by atoms with Crippen molar-refractivity contribution in [2.24, 2.45) is 0 Å². The number of furan rings is 1. The van der Waals surface area contributed by atoms with Crippen molar-refractivity contribution in [3.63, 3.8) is 0 Å². The minimum Gasteiger partial charge on any atom is -0.465 e.